The number of benzene rings is 2. The molecule has 1 aliphatic carbocycles. The van der Waals surface area contributed by atoms with Crippen molar-refractivity contribution in [2.24, 2.45) is 5.41 Å². The van der Waals surface area contributed by atoms with Gasteiger partial charge < -0.3 is 19.3 Å². The van der Waals surface area contributed by atoms with Crippen LogP contribution in [0.1, 0.15) is 17.0 Å². The van der Waals surface area contributed by atoms with Gasteiger partial charge in [0.1, 0.15) is 5.41 Å². The van der Waals surface area contributed by atoms with Crippen molar-refractivity contribution in [2.45, 2.75) is 23.0 Å². The Hall–Kier alpha value is -2.58. The van der Waals surface area contributed by atoms with Crippen molar-refractivity contribution in [1.82, 2.24) is 0 Å². The summed E-state index contributed by atoms with van der Waals surface area (Å²) in [4.78, 5) is 12.3. The second-order valence-corrected chi connectivity index (χ2v) is 9.22. The van der Waals surface area contributed by atoms with Crippen LogP contribution in [-0.4, -0.2) is 45.3 Å². The summed E-state index contributed by atoms with van der Waals surface area (Å²) in [6.45, 7) is 1.73. The number of ether oxygens (including phenoxy) is 3. The average molecular weight is 404 g/mol. The van der Waals surface area contributed by atoms with Crippen LogP contribution in [0.25, 0.3) is 0 Å². The van der Waals surface area contributed by atoms with Crippen LogP contribution in [0.15, 0.2) is 47.4 Å². The minimum Gasteiger partial charge on any atom is -0.481 e. The van der Waals surface area contributed by atoms with Crippen molar-refractivity contribution in [3.63, 3.8) is 0 Å². The number of sulfone groups is 1. The first kappa shape index (κ1) is 18.8. The van der Waals surface area contributed by atoms with Gasteiger partial charge in [-0.25, -0.2) is 8.42 Å². The lowest BCUT2D eigenvalue weighted by molar-refractivity contribution is -0.145. The van der Waals surface area contributed by atoms with Gasteiger partial charge in [-0.3, -0.25) is 4.79 Å². The van der Waals surface area contributed by atoms with Crippen LogP contribution in [0.4, 0.5) is 0 Å². The zero-order valence-corrected chi connectivity index (χ0v) is 16.2. The Labute approximate surface area is 162 Å². The molecule has 0 spiro atoms. The molecule has 2 aromatic rings. The van der Waals surface area contributed by atoms with E-state index in [9.17, 15) is 18.3 Å². The number of aliphatic carboxylic acids is 1. The van der Waals surface area contributed by atoms with Crippen LogP contribution in [0.3, 0.4) is 0 Å². The number of carboxylic acid groups (broad SMARTS) is 1. The monoisotopic (exact) mass is 404 g/mol. The van der Waals surface area contributed by atoms with Gasteiger partial charge in [-0.15, -0.1) is 0 Å². The summed E-state index contributed by atoms with van der Waals surface area (Å²) in [5.41, 5.74) is -0.0700. The molecule has 0 bridgehead atoms. The molecule has 2 aliphatic rings. The van der Waals surface area contributed by atoms with E-state index < -0.39 is 32.4 Å². The number of hydrogen-bond donors (Lipinski definition) is 1. The second-order valence-electron chi connectivity index (χ2n) is 7.15. The number of carboxylic acids is 1. The quantitative estimate of drug-likeness (QED) is 0.789. The number of methoxy groups -OCH3 is 1. The zero-order valence-electron chi connectivity index (χ0n) is 15.4. The molecule has 148 valence electrons. The summed E-state index contributed by atoms with van der Waals surface area (Å²) in [7, 11) is -2.53. The molecule has 0 amide bonds. The predicted octanol–water partition coefficient (Wildman–Crippen LogP) is 2.38. The van der Waals surface area contributed by atoms with Gasteiger partial charge in [0.25, 0.3) is 0 Å². The van der Waals surface area contributed by atoms with Crippen LogP contribution in [-0.2, 0) is 19.4 Å². The topological polar surface area (TPSA) is 99.1 Å². The fourth-order valence-corrected chi connectivity index (χ4v) is 6.40. The van der Waals surface area contributed by atoms with Crippen LogP contribution in [0.2, 0.25) is 0 Å². The summed E-state index contributed by atoms with van der Waals surface area (Å²) < 4.78 is 42.5. The number of carbonyl (C=O) groups is 1. The highest BCUT2D eigenvalue weighted by atomic mass is 32.2. The zero-order chi connectivity index (χ0) is 20.1. The summed E-state index contributed by atoms with van der Waals surface area (Å²) in [5.74, 6) is -0.925. The SMILES string of the molecule is COC[C@]1(C(=O)O)[C@H](c2ccc3c(c2)OCO3)[C@@H]1S(=O)(=O)c1ccc(C)cc1. The smallest absolute Gasteiger partial charge is 0.314 e. The Balaban J connectivity index is 1.81. The summed E-state index contributed by atoms with van der Waals surface area (Å²) in [6, 6.07) is 11.4. The van der Waals surface area contributed by atoms with Crippen molar-refractivity contribution in [3.8, 4) is 11.5 Å². The first-order chi connectivity index (χ1) is 13.3. The van der Waals surface area contributed by atoms with Crippen LogP contribution >= 0.6 is 0 Å². The first-order valence-electron chi connectivity index (χ1n) is 8.75. The molecule has 0 aromatic heterocycles. The molecule has 1 saturated carbocycles. The fraction of sp³-hybridized carbons (Fsp3) is 0.350. The number of aryl methyl sites for hydroxylation is 1. The molecular formula is C20H20O7S. The number of fused-ring (bicyclic) bond motifs is 1. The van der Waals surface area contributed by atoms with Crippen LogP contribution < -0.4 is 9.47 Å². The lowest BCUT2D eigenvalue weighted by Gasteiger charge is -2.12. The minimum absolute atomic E-state index is 0.0801. The molecule has 0 unspecified atom stereocenters. The molecule has 1 heterocycles. The van der Waals surface area contributed by atoms with E-state index in [0.717, 1.165) is 5.56 Å². The molecule has 4 rings (SSSR count). The maximum atomic E-state index is 13.3. The lowest BCUT2D eigenvalue weighted by atomic mass is 9.99. The molecule has 7 nitrogen and oxygen atoms in total. The Kier molecular flexibility index (Phi) is 4.35. The van der Waals surface area contributed by atoms with Gasteiger partial charge in [0, 0.05) is 13.0 Å². The van der Waals surface area contributed by atoms with Crippen molar-refractivity contribution >= 4 is 15.8 Å². The molecular weight excluding hydrogens is 384 g/mol. The predicted molar refractivity (Wildman–Crippen MR) is 99.4 cm³/mol. The highest BCUT2D eigenvalue weighted by molar-refractivity contribution is 7.92. The number of hydrogen-bond acceptors (Lipinski definition) is 6. The van der Waals surface area contributed by atoms with E-state index in [-0.39, 0.29) is 18.3 Å². The van der Waals surface area contributed by atoms with E-state index in [1.807, 2.05) is 6.92 Å². The minimum atomic E-state index is -3.90. The maximum Gasteiger partial charge on any atom is 0.314 e. The summed E-state index contributed by atoms with van der Waals surface area (Å²) in [6.07, 6.45) is 0. The normalized spacial score (nSPS) is 25.5. The van der Waals surface area contributed by atoms with Crippen molar-refractivity contribution in [2.75, 3.05) is 20.5 Å². The third kappa shape index (κ3) is 2.67. The summed E-state index contributed by atoms with van der Waals surface area (Å²) >= 11 is 0. The molecule has 1 fully saturated rings. The van der Waals surface area contributed by atoms with Gasteiger partial charge in [0.2, 0.25) is 6.79 Å². The number of rotatable bonds is 6. The molecule has 1 aliphatic heterocycles. The van der Waals surface area contributed by atoms with Gasteiger partial charge in [0.05, 0.1) is 16.8 Å². The Morgan fingerprint density at radius 1 is 1.18 bits per heavy atom. The largest absolute Gasteiger partial charge is 0.481 e. The molecule has 0 radical (unpaired) electrons. The first-order valence-corrected chi connectivity index (χ1v) is 10.3. The highest BCUT2D eigenvalue weighted by Crippen LogP contribution is 2.65. The average Bonchev–Trinajstić information content (AvgIpc) is 3.13. The molecule has 8 heteroatoms. The van der Waals surface area contributed by atoms with E-state index in [0.29, 0.717) is 17.1 Å². The van der Waals surface area contributed by atoms with E-state index in [1.165, 1.54) is 19.2 Å². The third-order valence-electron chi connectivity index (χ3n) is 5.48. The second kappa shape index (κ2) is 6.49. The van der Waals surface area contributed by atoms with E-state index in [4.69, 9.17) is 14.2 Å². The molecule has 28 heavy (non-hydrogen) atoms. The maximum absolute atomic E-state index is 13.3. The van der Waals surface area contributed by atoms with Gasteiger partial charge in [-0.2, -0.15) is 0 Å². The van der Waals surface area contributed by atoms with Gasteiger partial charge in [-0.1, -0.05) is 23.8 Å². The standard InChI is InChI=1S/C20H20O7S/c1-12-3-6-14(7-4-12)28(23,24)18-17(20(18,10-25-2)19(21)22)13-5-8-15-16(9-13)27-11-26-15/h3-9,17-18H,10-11H2,1-2H3,(H,21,22)/t17-,18+,20+/m1/s1. The van der Waals surface area contributed by atoms with Crippen LogP contribution in [0.5, 0.6) is 11.5 Å². The van der Waals surface area contributed by atoms with Gasteiger partial charge in [-0.05, 0) is 36.8 Å². The highest BCUT2D eigenvalue weighted by Gasteiger charge is 2.76. The Morgan fingerprint density at radius 3 is 2.50 bits per heavy atom. The summed E-state index contributed by atoms with van der Waals surface area (Å²) in [5, 5.41) is 8.85. The Morgan fingerprint density at radius 2 is 1.86 bits per heavy atom. The molecule has 0 saturated heterocycles. The van der Waals surface area contributed by atoms with E-state index >= 15 is 0 Å². The van der Waals surface area contributed by atoms with Crippen molar-refractivity contribution < 1.29 is 32.5 Å². The van der Waals surface area contributed by atoms with E-state index in [2.05, 4.69) is 0 Å². The third-order valence-corrected chi connectivity index (χ3v) is 7.77. The molecule has 3 atom stereocenters. The molecule has 1 N–H and O–H groups in total. The molecule has 2 aromatic carbocycles. The Bertz CT molecular complexity index is 1030. The van der Waals surface area contributed by atoms with Crippen LogP contribution in [0, 0.1) is 12.3 Å². The van der Waals surface area contributed by atoms with Gasteiger partial charge in [0.15, 0.2) is 21.3 Å². The van der Waals surface area contributed by atoms with E-state index in [1.54, 1.807) is 30.3 Å². The van der Waals surface area contributed by atoms with Crippen molar-refractivity contribution in [3.05, 3.63) is 53.6 Å². The lowest BCUT2D eigenvalue weighted by Crippen LogP contribution is -2.28. The fourth-order valence-electron chi connectivity index (χ4n) is 4.04. The van der Waals surface area contributed by atoms with Crippen molar-refractivity contribution in [1.29, 1.82) is 0 Å². The van der Waals surface area contributed by atoms with Gasteiger partial charge >= 0.3 is 5.97 Å².